The van der Waals surface area contributed by atoms with Gasteiger partial charge in [-0.05, 0) is 37.6 Å². The molecule has 1 amide bonds. The van der Waals surface area contributed by atoms with Gasteiger partial charge in [0.15, 0.2) is 0 Å². The highest BCUT2D eigenvalue weighted by atomic mass is 16.5. The molecule has 2 rings (SSSR count). The maximum atomic E-state index is 12.3. The third-order valence-corrected chi connectivity index (χ3v) is 3.43. The van der Waals surface area contributed by atoms with Gasteiger partial charge in [-0.3, -0.25) is 4.79 Å². The van der Waals surface area contributed by atoms with Crippen molar-refractivity contribution in [3.8, 4) is 5.75 Å². The molecule has 3 N–H and O–H groups in total. The van der Waals surface area contributed by atoms with Gasteiger partial charge in [0.25, 0.3) is 5.91 Å². The molecule has 0 heterocycles. The van der Waals surface area contributed by atoms with Crippen molar-refractivity contribution in [2.24, 2.45) is 0 Å². The molecule has 0 saturated heterocycles. The molecule has 4 heteroatoms. The number of nitrogens with one attached hydrogen (secondary N) is 1. The maximum Gasteiger partial charge on any atom is 0.253 e. The van der Waals surface area contributed by atoms with Gasteiger partial charge >= 0.3 is 0 Å². The predicted octanol–water partition coefficient (Wildman–Crippen LogP) is 3.08. The van der Waals surface area contributed by atoms with Gasteiger partial charge in [-0.1, -0.05) is 29.8 Å². The lowest BCUT2D eigenvalue weighted by Crippen LogP contribution is -2.27. The second-order valence-electron chi connectivity index (χ2n) is 5.06. The number of amides is 1. The van der Waals surface area contributed by atoms with E-state index < -0.39 is 0 Å². The van der Waals surface area contributed by atoms with E-state index in [4.69, 9.17) is 10.5 Å². The zero-order chi connectivity index (χ0) is 15.4. The molecule has 2 aromatic rings. The second kappa shape index (κ2) is 6.31. The van der Waals surface area contributed by atoms with Gasteiger partial charge in [0, 0.05) is 5.69 Å². The van der Waals surface area contributed by atoms with Crippen LogP contribution in [0.4, 0.5) is 5.69 Å². The molecular weight excluding hydrogens is 264 g/mol. The first kappa shape index (κ1) is 14.9. The minimum atomic E-state index is -0.209. The van der Waals surface area contributed by atoms with E-state index in [2.05, 4.69) is 5.32 Å². The Morgan fingerprint density at radius 2 is 1.86 bits per heavy atom. The average molecular weight is 284 g/mol. The van der Waals surface area contributed by atoms with Crippen LogP contribution in [0, 0.1) is 6.92 Å². The Balaban J connectivity index is 2.15. The Kier molecular flexibility index (Phi) is 4.48. The molecule has 0 unspecified atom stereocenters. The molecule has 2 aromatic carbocycles. The zero-order valence-electron chi connectivity index (χ0n) is 12.5. The predicted molar refractivity (Wildman–Crippen MR) is 84.5 cm³/mol. The topological polar surface area (TPSA) is 64.3 Å². The molecule has 0 fully saturated rings. The lowest BCUT2D eigenvalue weighted by molar-refractivity contribution is 0.0940. The van der Waals surface area contributed by atoms with Gasteiger partial charge < -0.3 is 15.8 Å². The van der Waals surface area contributed by atoms with Gasteiger partial charge in [0.05, 0.1) is 18.7 Å². The fourth-order valence-corrected chi connectivity index (χ4v) is 2.07. The van der Waals surface area contributed by atoms with Crippen molar-refractivity contribution in [2.75, 3.05) is 12.8 Å². The normalized spacial score (nSPS) is 11.8. The standard InChI is InChI=1S/C17H20N2O2/c1-11-4-6-13(7-5-11)12(2)19-17(20)15-10-14(21-3)8-9-16(15)18/h4-10,12H,18H2,1-3H3,(H,19,20)/t12-/m0/s1. The van der Waals surface area contributed by atoms with Gasteiger partial charge in [-0.15, -0.1) is 0 Å². The first-order valence-electron chi connectivity index (χ1n) is 6.82. The lowest BCUT2D eigenvalue weighted by atomic mass is 10.1. The molecule has 1 atom stereocenters. The number of rotatable bonds is 4. The third kappa shape index (κ3) is 3.54. The molecule has 4 nitrogen and oxygen atoms in total. The highest BCUT2D eigenvalue weighted by Gasteiger charge is 2.14. The first-order chi connectivity index (χ1) is 10.0. The van der Waals surface area contributed by atoms with Crippen LogP contribution in [0.2, 0.25) is 0 Å². The summed E-state index contributed by atoms with van der Waals surface area (Å²) in [6.45, 7) is 3.98. The van der Waals surface area contributed by atoms with Crippen LogP contribution >= 0.6 is 0 Å². The summed E-state index contributed by atoms with van der Waals surface area (Å²) in [5.74, 6) is 0.400. The van der Waals surface area contributed by atoms with E-state index in [1.54, 1.807) is 25.3 Å². The molecule has 0 aromatic heterocycles. The minimum Gasteiger partial charge on any atom is -0.497 e. The molecule has 0 aliphatic carbocycles. The summed E-state index contributed by atoms with van der Waals surface area (Å²) in [4.78, 5) is 12.3. The molecule has 0 saturated carbocycles. The largest absolute Gasteiger partial charge is 0.497 e. The van der Waals surface area contributed by atoms with Crippen LogP contribution in [0.5, 0.6) is 5.75 Å². The molecule has 110 valence electrons. The fourth-order valence-electron chi connectivity index (χ4n) is 2.07. The summed E-state index contributed by atoms with van der Waals surface area (Å²) in [5.41, 5.74) is 8.96. The van der Waals surface area contributed by atoms with Crippen LogP contribution in [0.25, 0.3) is 0 Å². The van der Waals surface area contributed by atoms with Gasteiger partial charge in [0.2, 0.25) is 0 Å². The van der Waals surface area contributed by atoms with Crippen molar-refractivity contribution in [1.29, 1.82) is 0 Å². The maximum absolute atomic E-state index is 12.3. The van der Waals surface area contributed by atoms with Crippen LogP contribution in [0.1, 0.15) is 34.5 Å². The van der Waals surface area contributed by atoms with E-state index in [0.717, 1.165) is 5.56 Å². The van der Waals surface area contributed by atoms with Gasteiger partial charge in [-0.25, -0.2) is 0 Å². The second-order valence-corrected chi connectivity index (χ2v) is 5.06. The van der Waals surface area contributed by atoms with E-state index in [9.17, 15) is 4.79 Å². The number of carbonyl (C=O) groups excluding carboxylic acids is 1. The van der Waals surface area contributed by atoms with Crippen molar-refractivity contribution in [3.05, 3.63) is 59.2 Å². The van der Waals surface area contributed by atoms with E-state index >= 15 is 0 Å². The quantitative estimate of drug-likeness (QED) is 0.848. The third-order valence-electron chi connectivity index (χ3n) is 3.43. The van der Waals surface area contributed by atoms with E-state index in [1.807, 2.05) is 38.1 Å². The summed E-state index contributed by atoms with van der Waals surface area (Å²) in [6, 6.07) is 13.0. The molecule has 0 spiro atoms. The lowest BCUT2D eigenvalue weighted by Gasteiger charge is -2.16. The van der Waals surface area contributed by atoms with E-state index in [1.165, 1.54) is 5.56 Å². The fraction of sp³-hybridized carbons (Fsp3) is 0.235. The molecule has 0 aliphatic rings. The van der Waals surface area contributed by atoms with Crippen LogP contribution in [-0.4, -0.2) is 13.0 Å². The minimum absolute atomic E-state index is 0.0938. The summed E-state index contributed by atoms with van der Waals surface area (Å²) < 4.78 is 5.13. The van der Waals surface area contributed by atoms with Gasteiger partial charge in [-0.2, -0.15) is 0 Å². The van der Waals surface area contributed by atoms with E-state index in [0.29, 0.717) is 17.0 Å². The SMILES string of the molecule is COc1ccc(N)c(C(=O)N[C@@H](C)c2ccc(C)cc2)c1. The summed E-state index contributed by atoms with van der Waals surface area (Å²) in [5, 5.41) is 2.95. The number of anilines is 1. The number of nitrogen functional groups attached to an aromatic ring is 1. The van der Waals surface area contributed by atoms with Gasteiger partial charge in [0.1, 0.15) is 5.75 Å². The number of carbonyl (C=O) groups is 1. The van der Waals surface area contributed by atoms with Crippen molar-refractivity contribution in [1.82, 2.24) is 5.32 Å². The molecule has 0 bridgehead atoms. The Bertz CT molecular complexity index is 636. The summed E-state index contributed by atoms with van der Waals surface area (Å²) in [7, 11) is 1.56. The number of benzene rings is 2. The van der Waals surface area contributed by atoms with Crippen LogP contribution in [-0.2, 0) is 0 Å². The zero-order valence-corrected chi connectivity index (χ0v) is 12.5. The molecule has 21 heavy (non-hydrogen) atoms. The molecular formula is C17H20N2O2. The summed E-state index contributed by atoms with van der Waals surface area (Å²) in [6.07, 6.45) is 0. The number of aryl methyl sites for hydroxylation is 1. The highest BCUT2D eigenvalue weighted by Crippen LogP contribution is 2.21. The number of nitrogens with two attached hydrogens (primary N) is 1. The smallest absolute Gasteiger partial charge is 0.253 e. The Hall–Kier alpha value is -2.49. The first-order valence-corrected chi connectivity index (χ1v) is 6.82. The number of methoxy groups -OCH3 is 1. The summed E-state index contributed by atoms with van der Waals surface area (Å²) >= 11 is 0. The van der Waals surface area contributed by atoms with Crippen molar-refractivity contribution >= 4 is 11.6 Å². The Labute approximate surface area is 124 Å². The van der Waals surface area contributed by atoms with E-state index in [-0.39, 0.29) is 11.9 Å². The van der Waals surface area contributed by atoms with Crippen molar-refractivity contribution in [2.45, 2.75) is 19.9 Å². The van der Waals surface area contributed by atoms with Crippen LogP contribution in [0.3, 0.4) is 0 Å². The molecule has 0 radical (unpaired) electrons. The van der Waals surface area contributed by atoms with Crippen molar-refractivity contribution in [3.63, 3.8) is 0 Å². The Morgan fingerprint density at radius 1 is 1.19 bits per heavy atom. The van der Waals surface area contributed by atoms with Crippen LogP contribution in [0.15, 0.2) is 42.5 Å². The monoisotopic (exact) mass is 284 g/mol. The highest BCUT2D eigenvalue weighted by molar-refractivity contribution is 5.99. The number of hydrogen-bond donors (Lipinski definition) is 2. The van der Waals surface area contributed by atoms with Crippen molar-refractivity contribution < 1.29 is 9.53 Å². The number of ether oxygens (including phenoxy) is 1. The van der Waals surface area contributed by atoms with Crippen LogP contribution < -0.4 is 15.8 Å². The average Bonchev–Trinajstić information content (AvgIpc) is 2.48. The molecule has 0 aliphatic heterocycles. The number of hydrogen-bond acceptors (Lipinski definition) is 3. The Morgan fingerprint density at radius 3 is 2.48 bits per heavy atom.